The average Bonchev–Trinajstić information content (AvgIpc) is 2.84. The van der Waals surface area contributed by atoms with Crippen molar-refractivity contribution in [3.63, 3.8) is 0 Å². The lowest BCUT2D eigenvalue weighted by atomic mass is 10.1. The largest absolute Gasteiger partial charge is 0.347 e. The Morgan fingerprint density at radius 1 is 0.938 bits per heavy atom. The van der Waals surface area contributed by atoms with Gasteiger partial charge in [0.25, 0.3) is 17.4 Å². The van der Waals surface area contributed by atoms with Crippen LogP contribution in [0.2, 0.25) is 0 Å². The Morgan fingerprint density at radius 2 is 1.69 bits per heavy atom. The maximum absolute atomic E-state index is 12.9. The molecule has 0 radical (unpaired) electrons. The van der Waals surface area contributed by atoms with Crippen molar-refractivity contribution in [2.24, 2.45) is 0 Å². The van der Waals surface area contributed by atoms with Gasteiger partial charge in [-0.1, -0.05) is 30.3 Å². The second-order valence-electron chi connectivity index (χ2n) is 7.09. The number of aromatic nitrogens is 3. The number of fused-ring (bicyclic) bond motifs is 1. The van der Waals surface area contributed by atoms with Gasteiger partial charge in [-0.3, -0.25) is 19.4 Å². The first kappa shape index (κ1) is 20.9. The van der Waals surface area contributed by atoms with Crippen molar-refractivity contribution < 1.29 is 9.59 Å². The number of anilines is 1. The molecule has 0 aliphatic rings. The second-order valence-corrected chi connectivity index (χ2v) is 7.09. The van der Waals surface area contributed by atoms with Crippen molar-refractivity contribution >= 4 is 28.3 Å². The summed E-state index contributed by atoms with van der Waals surface area (Å²) in [5.41, 5.74) is 1.89. The normalized spacial score (nSPS) is 10.7. The first-order valence-corrected chi connectivity index (χ1v) is 10.1. The number of aryl methyl sites for hydroxylation is 1. The Bertz CT molecular complexity index is 1350. The molecular formula is C24H21N5O3. The van der Waals surface area contributed by atoms with E-state index >= 15 is 0 Å². The van der Waals surface area contributed by atoms with Crippen molar-refractivity contribution in [1.82, 2.24) is 20.1 Å². The topological polar surface area (TPSA) is 106 Å². The Balaban J connectivity index is 1.51. The molecule has 2 N–H and O–H groups in total. The molecule has 0 spiro atoms. The van der Waals surface area contributed by atoms with Gasteiger partial charge in [-0.2, -0.15) is 5.10 Å². The molecule has 8 nitrogen and oxygen atoms in total. The summed E-state index contributed by atoms with van der Waals surface area (Å²) in [4.78, 5) is 41.6. The lowest BCUT2D eigenvalue weighted by Gasteiger charge is -2.11. The van der Waals surface area contributed by atoms with Crippen LogP contribution in [0.4, 0.5) is 5.69 Å². The van der Waals surface area contributed by atoms with Gasteiger partial charge in [0.05, 0.1) is 5.39 Å². The van der Waals surface area contributed by atoms with Crippen LogP contribution >= 0.6 is 0 Å². The van der Waals surface area contributed by atoms with E-state index in [0.29, 0.717) is 28.6 Å². The third-order valence-corrected chi connectivity index (χ3v) is 4.96. The van der Waals surface area contributed by atoms with E-state index in [9.17, 15) is 14.4 Å². The Kier molecular flexibility index (Phi) is 6.03. The number of amides is 2. The summed E-state index contributed by atoms with van der Waals surface area (Å²) < 4.78 is 1.28. The standard InChI is InChI=1S/C24H21N5O3/c1-2-29-24(32)20-9-4-3-8-19(20)21(28-29)23(31)26-15-16-6-5-7-18(14-16)27-22(30)17-10-12-25-13-11-17/h3-14H,2,15H2,1H3,(H,26,31)(H,27,30). The number of nitrogens with one attached hydrogen (secondary N) is 2. The SMILES string of the molecule is CCn1nc(C(=O)NCc2cccc(NC(=O)c3ccncc3)c2)c2ccccc2c1=O. The number of benzene rings is 2. The lowest BCUT2D eigenvalue weighted by molar-refractivity contribution is 0.0944. The number of nitrogens with zero attached hydrogens (tertiary/aromatic N) is 3. The van der Waals surface area contributed by atoms with Crippen LogP contribution in [0.5, 0.6) is 0 Å². The Morgan fingerprint density at radius 3 is 2.44 bits per heavy atom. The zero-order valence-electron chi connectivity index (χ0n) is 17.4. The highest BCUT2D eigenvalue weighted by Gasteiger charge is 2.16. The third-order valence-electron chi connectivity index (χ3n) is 4.96. The Hall–Kier alpha value is -4.33. The summed E-state index contributed by atoms with van der Waals surface area (Å²) in [6.07, 6.45) is 3.11. The van der Waals surface area contributed by atoms with E-state index < -0.39 is 0 Å². The van der Waals surface area contributed by atoms with Crippen molar-refractivity contribution in [3.8, 4) is 0 Å². The quantitative estimate of drug-likeness (QED) is 0.492. The molecular weight excluding hydrogens is 406 g/mol. The molecule has 0 aliphatic heterocycles. The van der Waals surface area contributed by atoms with E-state index in [2.05, 4.69) is 20.7 Å². The summed E-state index contributed by atoms with van der Waals surface area (Å²) >= 11 is 0. The zero-order chi connectivity index (χ0) is 22.5. The van der Waals surface area contributed by atoms with Gasteiger partial charge in [0.1, 0.15) is 0 Å². The van der Waals surface area contributed by atoms with Crippen LogP contribution in [0.3, 0.4) is 0 Å². The number of carbonyl (C=O) groups excluding carboxylic acids is 2. The first-order chi connectivity index (χ1) is 15.6. The van der Waals surface area contributed by atoms with Crippen LogP contribution in [-0.2, 0) is 13.1 Å². The van der Waals surface area contributed by atoms with Crippen LogP contribution in [-0.4, -0.2) is 26.6 Å². The molecule has 0 fully saturated rings. The highest BCUT2D eigenvalue weighted by molar-refractivity contribution is 6.05. The van der Waals surface area contributed by atoms with E-state index in [4.69, 9.17) is 0 Å². The molecule has 4 rings (SSSR count). The molecule has 8 heteroatoms. The summed E-state index contributed by atoms with van der Waals surface area (Å²) in [5.74, 6) is -0.624. The van der Waals surface area contributed by atoms with Crippen LogP contribution in [0, 0.1) is 0 Å². The molecule has 32 heavy (non-hydrogen) atoms. The number of rotatable bonds is 6. The fourth-order valence-electron chi connectivity index (χ4n) is 3.35. The van der Waals surface area contributed by atoms with Crippen molar-refractivity contribution in [2.45, 2.75) is 20.0 Å². The maximum atomic E-state index is 12.9. The monoisotopic (exact) mass is 427 g/mol. The molecule has 160 valence electrons. The molecule has 2 amide bonds. The van der Waals surface area contributed by atoms with Crippen LogP contribution in [0.1, 0.15) is 33.3 Å². The molecule has 2 aromatic carbocycles. The molecule has 0 unspecified atom stereocenters. The van der Waals surface area contributed by atoms with Crippen LogP contribution < -0.4 is 16.2 Å². The summed E-state index contributed by atoms with van der Waals surface area (Å²) in [6.45, 7) is 2.40. The summed E-state index contributed by atoms with van der Waals surface area (Å²) in [5, 5.41) is 10.9. The van der Waals surface area contributed by atoms with E-state index in [-0.39, 0.29) is 29.6 Å². The first-order valence-electron chi connectivity index (χ1n) is 10.1. The summed E-state index contributed by atoms with van der Waals surface area (Å²) in [7, 11) is 0. The van der Waals surface area contributed by atoms with E-state index in [0.717, 1.165) is 5.56 Å². The van der Waals surface area contributed by atoms with Gasteiger partial charge in [0, 0.05) is 42.1 Å². The zero-order valence-corrected chi connectivity index (χ0v) is 17.4. The van der Waals surface area contributed by atoms with Gasteiger partial charge in [0.15, 0.2) is 5.69 Å². The maximum Gasteiger partial charge on any atom is 0.274 e. The van der Waals surface area contributed by atoms with Gasteiger partial charge in [0.2, 0.25) is 0 Å². The minimum absolute atomic E-state index is 0.198. The molecule has 4 aromatic rings. The fourth-order valence-corrected chi connectivity index (χ4v) is 3.35. The van der Waals surface area contributed by atoms with Crippen LogP contribution in [0.25, 0.3) is 10.8 Å². The molecule has 2 heterocycles. The predicted octanol–water partition coefficient (Wildman–Crippen LogP) is 2.99. The van der Waals surface area contributed by atoms with Gasteiger partial charge in [-0.05, 0) is 42.8 Å². The molecule has 2 aromatic heterocycles. The van der Waals surface area contributed by atoms with E-state index in [1.165, 1.54) is 4.68 Å². The number of hydrogen-bond acceptors (Lipinski definition) is 5. The number of pyridine rings is 1. The van der Waals surface area contributed by atoms with E-state index in [1.54, 1.807) is 73.9 Å². The number of carbonyl (C=O) groups is 2. The number of hydrogen-bond donors (Lipinski definition) is 2. The van der Waals surface area contributed by atoms with Gasteiger partial charge in [-0.15, -0.1) is 0 Å². The average molecular weight is 427 g/mol. The highest BCUT2D eigenvalue weighted by Crippen LogP contribution is 2.15. The van der Waals surface area contributed by atoms with Crippen LogP contribution in [0.15, 0.2) is 77.9 Å². The smallest absolute Gasteiger partial charge is 0.274 e. The molecule has 0 saturated carbocycles. The Labute approximate surface area is 183 Å². The van der Waals surface area contributed by atoms with Crippen molar-refractivity contribution in [1.29, 1.82) is 0 Å². The predicted molar refractivity (Wildman–Crippen MR) is 121 cm³/mol. The summed E-state index contributed by atoms with van der Waals surface area (Å²) in [6, 6.07) is 17.4. The van der Waals surface area contributed by atoms with Crippen molar-refractivity contribution in [2.75, 3.05) is 5.32 Å². The lowest BCUT2D eigenvalue weighted by Crippen LogP contribution is -2.30. The minimum Gasteiger partial charge on any atom is -0.347 e. The molecule has 0 atom stereocenters. The van der Waals surface area contributed by atoms with E-state index in [1.807, 2.05) is 6.07 Å². The molecule has 0 bridgehead atoms. The molecule has 0 aliphatic carbocycles. The van der Waals surface area contributed by atoms with Gasteiger partial charge < -0.3 is 10.6 Å². The van der Waals surface area contributed by atoms with Crippen molar-refractivity contribution in [3.05, 3.63) is 100 Å². The van der Waals surface area contributed by atoms with Gasteiger partial charge >= 0.3 is 0 Å². The third kappa shape index (κ3) is 4.39. The van der Waals surface area contributed by atoms with Gasteiger partial charge in [-0.25, -0.2) is 4.68 Å². The molecule has 0 saturated heterocycles. The highest BCUT2D eigenvalue weighted by atomic mass is 16.2. The fraction of sp³-hybridized carbons (Fsp3) is 0.125. The second kappa shape index (κ2) is 9.22. The minimum atomic E-state index is -0.380.